The standard InChI is InChI=1S/C24H29N3O2/c1-2-3-4-8-17-29-24(28)25-16-15-23-26-18-22(27-23)21-13-11-20(12-14-21)19-9-6-5-7-10-19/h5-7,9-14,18H,2-4,8,15-17H2,1H3,(H,25,28)(H,26,27). The first kappa shape index (κ1) is 20.6. The Kier molecular flexibility index (Phi) is 7.87. The molecule has 5 nitrogen and oxygen atoms in total. The largest absolute Gasteiger partial charge is 0.450 e. The topological polar surface area (TPSA) is 67.0 Å². The molecule has 0 spiro atoms. The van der Waals surface area contributed by atoms with Crippen LogP contribution in [0.3, 0.4) is 0 Å². The van der Waals surface area contributed by atoms with Crippen LogP contribution in [0, 0.1) is 0 Å². The predicted octanol–water partition coefficient (Wildman–Crippen LogP) is 5.59. The molecule has 0 saturated heterocycles. The van der Waals surface area contributed by atoms with Gasteiger partial charge in [0.05, 0.1) is 18.5 Å². The van der Waals surface area contributed by atoms with E-state index >= 15 is 0 Å². The van der Waals surface area contributed by atoms with Crippen LogP contribution in [-0.4, -0.2) is 29.2 Å². The summed E-state index contributed by atoms with van der Waals surface area (Å²) in [6.07, 6.45) is 6.49. The summed E-state index contributed by atoms with van der Waals surface area (Å²) in [5.74, 6) is 0.843. The van der Waals surface area contributed by atoms with E-state index in [1.807, 2.05) is 24.4 Å². The van der Waals surface area contributed by atoms with Gasteiger partial charge in [-0.3, -0.25) is 0 Å². The Bertz CT molecular complexity index is 873. The summed E-state index contributed by atoms with van der Waals surface area (Å²) < 4.78 is 5.17. The van der Waals surface area contributed by atoms with Crippen molar-refractivity contribution in [2.45, 2.75) is 39.0 Å². The second-order valence-corrected chi connectivity index (χ2v) is 7.06. The van der Waals surface area contributed by atoms with E-state index in [0.717, 1.165) is 29.9 Å². The van der Waals surface area contributed by atoms with Gasteiger partial charge in [0.2, 0.25) is 0 Å². The van der Waals surface area contributed by atoms with E-state index < -0.39 is 0 Å². The number of nitrogens with one attached hydrogen (secondary N) is 2. The number of rotatable bonds is 10. The van der Waals surface area contributed by atoms with E-state index in [-0.39, 0.29) is 6.09 Å². The van der Waals surface area contributed by atoms with Gasteiger partial charge in [-0.1, -0.05) is 80.8 Å². The van der Waals surface area contributed by atoms with Crippen LogP contribution in [0.15, 0.2) is 60.8 Å². The van der Waals surface area contributed by atoms with Crippen LogP contribution in [0.25, 0.3) is 22.4 Å². The molecule has 0 unspecified atom stereocenters. The molecule has 0 aliphatic heterocycles. The Balaban J connectivity index is 1.44. The van der Waals surface area contributed by atoms with Crippen LogP contribution in [-0.2, 0) is 11.2 Å². The number of nitrogens with zero attached hydrogens (tertiary/aromatic N) is 1. The molecule has 5 heteroatoms. The van der Waals surface area contributed by atoms with E-state index in [1.54, 1.807) is 0 Å². The van der Waals surface area contributed by atoms with Crippen molar-refractivity contribution >= 4 is 6.09 Å². The van der Waals surface area contributed by atoms with Gasteiger partial charge in [-0.2, -0.15) is 0 Å². The fourth-order valence-electron chi connectivity index (χ4n) is 3.14. The van der Waals surface area contributed by atoms with Crippen LogP contribution >= 0.6 is 0 Å². The van der Waals surface area contributed by atoms with E-state index in [2.05, 4.69) is 58.6 Å². The quantitative estimate of drug-likeness (QED) is 0.443. The number of hydrogen-bond donors (Lipinski definition) is 2. The number of aromatic amines is 1. The van der Waals surface area contributed by atoms with Gasteiger partial charge in [-0.25, -0.2) is 9.78 Å². The van der Waals surface area contributed by atoms with Crippen LogP contribution in [0.1, 0.15) is 38.4 Å². The Morgan fingerprint density at radius 2 is 1.69 bits per heavy atom. The highest BCUT2D eigenvalue weighted by atomic mass is 16.5. The van der Waals surface area contributed by atoms with Crippen molar-refractivity contribution in [2.24, 2.45) is 0 Å². The molecule has 3 aromatic rings. The molecule has 3 rings (SSSR count). The molecule has 152 valence electrons. The van der Waals surface area contributed by atoms with Crippen molar-refractivity contribution in [3.05, 3.63) is 66.6 Å². The zero-order valence-electron chi connectivity index (χ0n) is 17.0. The van der Waals surface area contributed by atoms with Crippen molar-refractivity contribution in [3.8, 4) is 22.4 Å². The lowest BCUT2D eigenvalue weighted by Crippen LogP contribution is -2.27. The normalized spacial score (nSPS) is 10.7. The minimum Gasteiger partial charge on any atom is -0.450 e. The number of ether oxygens (including phenoxy) is 1. The molecule has 0 fully saturated rings. The van der Waals surface area contributed by atoms with Crippen molar-refractivity contribution in [1.29, 1.82) is 0 Å². The number of imidazole rings is 1. The maximum Gasteiger partial charge on any atom is 0.407 e. The van der Waals surface area contributed by atoms with Crippen molar-refractivity contribution in [3.63, 3.8) is 0 Å². The lowest BCUT2D eigenvalue weighted by atomic mass is 10.0. The van der Waals surface area contributed by atoms with Gasteiger partial charge in [0, 0.05) is 13.0 Å². The van der Waals surface area contributed by atoms with E-state index in [1.165, 1.54) is 24.0 Å². The summed E-state index contributed by atoms with van der Waals surface area (Å²) in [7, 11) is 0. The molecular formula is C24H29N3O2. The minimum atomic E-state index is -0.357. The van der Waals surface area contributed by atoms with E-state index in [0.29, 0.717) is 19.6 Å². The second-order valence-electron chi connectivity index (χ2n) is 7.06. The molecular weight excluding hydrogens is 362 g/mol. The third-order valence-corrected chi connectivity index (χ3v) is 4.79. The number of aromatic nitrogens is 2. The van der Waals surface area contributed by atoms with Crippen LogP contribution in [0.4, 0.5) is 4.79 Å². The predicted molar refractivity (Wildman–Crippen MR) is 117 cm³/mol. The Morgan fingerprint density at radius 1 is 0.966 bits per heavy atom. The maximum atomic E-state index is 11.7. The zero-order valence-corrected chi connectivity index (χ0v) is 17.0. The van der Waals surface area contributed by atoms with Gasteiger partial charge in [-0.05, 0) is 23.1 Å². The van der Waals surface area contributed by atoms with Gasteiger partial charge in [0.1, 0.15) is 5.82 Å². The van der Waals surface area contributed by atoms with Crippen LogP contribution < -0.4 is 5.32 Å². The molecule has 1 amide bonds. The third kappa shape index (κ3) is 6.49. The third-order valence-electron chi connectivity index (χ3n) is 4.79. The fourth-order valence-corrected chi connectivity index (χ4v) is 3.14. The molecule has 1 aromatic heterocycles. The number of H-pyrrole nitrogens is 1. The van der Waals surface area contributed by atoms with Gasteiger partial charge < -0.3 is 15.0 Å². The first-order chi connectivity index (χ1) is 14.3. The molecule has 0 aliphatic rings. The van der Waals surface area contributed by atoms with E-state index in [9.17, 15) is 4.79 Å². The number of amides is 1. The Labute approximate surface area is 172 Å². The molecule has 1 heterocycles. The lowest BCUT2D eigenvalue weighted by molar-refractivity contribution is 0.144. The van der Waals surface area contributed by atoms with Gasteiger partial charge in [0.15, 0.2) is 0 Å². The molecule has 0 radical (unpaired) electrons. The number of benzene rings is 2. The molecule has 0 atom stereocenters. The monoisotopic (exact) mass is 391 g/mol. The number of carbonyl (C=O) groups is 1. The molecule has 0 saturated carbocycles. The first-order valence-corrected chi connectivity index (χ1v) is 10.4. The number of alkyl carbamates (subject to hydrolysis) is 1. The Hall–Kier alpha value is -3.08. The average molecular weight is 392 g/mol. The SMILES string of the molecule is CCCCCCOC(=O)NCCc1ncc(-c2ccc(-c3ccccc3)cc2)[nH]1. The summed E-state index contributed by atoms with van der Waals surface area (Å²) in [4.78, 5) is 19.4. The fraction of sp³-hybridized carbons (Fsp3) is 0.333. The average Bonchev–Trinajstić information content (AvgIpc) is 3.23. The van der Waals surface area contributed by atoms with Gasteiger partial charge in [-0.15, -0.1) is 0 Å². The Morgan fingerprint density at radius 3 is 2.45 bits per heavy atom. The highest BCUT2D eigenvalue weighted by Crippen LogP contribution is 2.23. The molecule has 29 heavy (non-hydrogen) atoms. The number of hydrogen-bond acceptors (Lipinski definition) is 3. The smallest absolute Gasteiger partial charge is 0.407 e. The van der Waals surface area contributed by atoms with Crippen molar-refractivity contribution in [2.75, 3.05) is 13.2 Å². The summed E-state index contributed by atoms with van der Waals surface area (Å²) in [5, 5.41) is 2.78. The van der Waals surface area contributed by atoms with Crippen molar-refractivity contribution in [1.82, 2.24) is 15.3 Å². The second kappa shape index (κ2) is 11.1. The summed E-state index contributed by atoms with van der Waals surface area (Å²) in [6.45, 7) is 3.14. The highest BCUT2D eigenvalue weighted by molar-refractivity contribution is 5.68. The summed E-state index contributed by atoms with van der Waals surface area (Å²) in [6, 6.07) is 18.7. The van der Waals surface area contributed by atoms with Crippen molar-refractivity contribution < 1.29 is 9.53 Å². The molecule has 0 bridgehead atoms. The van der Waals surface area contributed by atoms with Crippen LogP contribution in [0.5, 0.6) is 0 Å². The van der Waals surface area contributed by atoms with Gasteiger partial charge in [0.25, 0.3) is 0 Å². The molecule has 2 aromatic carbocycles. The minimum absolute atomic E-state index is 0.357. The zero-order chi connectivity index (χ0) is 20.3. The summed E-state index contributed by atoms with van der Waals surface area (Å²) >= 11 is 0. The lowest BCUT2D eigenvalue weighted by Gasteiger charge is -2.06. The first-order valence-electron chi connectivity index (χ1n) is 10.4. The highest BCUT2D eigenvalue weighted by Gasteiger charge is 2.06. The molecule has 2 N–H and O–H groups in total. The maximum absolute atomic E-state index is 11.7. The molecule has 0 aliphatic carbocycles. The number of carbonyl (C=O) groups excluding carboxylic acids is 1. The number of unbranched alkanes of at least 4 members (excludes halogenated alkanes) is 3. The van der Waals surface area contributed by atoms with Gasteiger partial charge >= 0.3 is 6.09 Å². The summed E-state index contributed by atoms with van der Waals surface area (Å²) in [5.41, 5.74) is 4.44. The van der Waals surface area contributed by atoms with Crippen LogP contribution in [0.2, 0.25) is 0 Å². The van der Waals surface area contributed by atoms with E-state index in [4.69, 9.17) is 4.74 Å².